The van der Waals surface area contributed by atoms with Crippen LogP contribution in [-0.2, 0) is 4.74 Å². The fourth-order valence-corrected chi connectivity index (χ4v) is 3.19. The van der Waals surface area contributed by atoms with E-state index < -0.39 is 0 Å². The van der Waals surface area contributed by atoms with Gasteiger partial charge in [0.2, 0.25) is 0 Å². The molecule has 0 radical (unpaired) electrons. The molecule has 0 aromatic carbocycles. The second-order valence-electron chi connectivity index (χ2n) is 6.95. The molecular formula is C18H38N4O. The summed E-state index contributed by atoms with van der Waals surface area (Å²) < 4.78 is 5.54. The highest BCUT2D eigenvalue weighted by Crippen LogP contribution is 2.25. The highest BCUT2D eigenvalue weighted by molar-refractivity contribution is 5.79. The van der Waals surface area contributed by atoms with Crippen LogP contribution in [0.4, 0.5) is 0 Å². The van der Waals surface area contributed by atoms with Crippen molar-refractivity contribution >= 4 is 5.96 Å². The second-order valence-corrected chi connectivity index (χ2v) is 6.95. The molecule has 5 nitrogen and oxygen atoms in total. The van der Waals surface area contributed by atoms with Crippen molar-refractivity contribution in [2.75, 3.05) is 47.4 Å². The van der Waals surface area contributed by atoms with Crippen LogP contribution >= 0.6 is 0 Å². The molecular weight excluding hydrogens is 288 g/mol. The first-order chi connectivity index (χ1) is 11.1. The molecule has 0 spiro atoms. The van der Waals surface area contributed by atoms with Crippen LogP contribution in [0.2, 0.25) is 0 Å². The minimum absolute atomic E-state index is 0.169. The fourth-order valence-electron chi connectivity index (χ4n) is 3.19. The third kappa shape index (κ3) is 6.68. The van der Waals surface area contributed by atoms with Crippen molar-refractivity contribution in [2.24, 2.45) is 10.9 Å². The Morgan fingerprint density at radius 3 is 2.43 bits per heavy atom. The Bertz CT molecular complexity index is 338. The lowest BCUT2D eigenvalue weighted by Gasteiger charge is -2.43. The summed E-state index contributed by atoms with van der Waals surface area (Å²) >= 11 is 0. The maximum absolute atomic E-state index is 5.54. The van der Waals surface area contributed by atoms with E-state index in [0.717, 1.165) is 51.0 Å². The molecule has 1 aliphatic heterocycles. The molecule has 136 valence electrons. The van der Waals surface area contributed by atoms with Crippen molar-refractivity contribution in [2.45, 2.75) is 57.9 Å². The molecule has 0 amide bonds. The van der Waals surface area contributed by atoms with E-state index in [4.69, 9.17) is 4.74 Å². The third-order valence-corrected chi connectivity index (χ3v) is 5.28. The van der Waals surface area contributed by atoms with Crippen LogP contribution in [0.1, 0.15) is 52.4 Å². The number of unbranched alkanes of at least 4 members (excludes halogenated alkanes) is 1. The van der Waals surface area contributed by atoms with Gasteiger partial charge in [0.15, 0.2) is 5.96 Å². The molecule has 1 rings (SSSR count). The molecule has 1 atom stereocenters. The molecule has 1 fully saturated rings. The number of hydrogen-bond donors (Lipinski definition) is 2. The largest absolute Gasteiger partial charge is 0.381 e. The van der Waals surface area contributed by atoms with Gasteiger partial charge in [-0.3, -0.25) is 4.99 Å². The lowest BCUT2D eigenvalue weighted by atomic mass is 9.88. The van der Waals surface area contributed by atoms with Gasteiger partial charge in [-0.05, 0) is 39.3 Å². The van der Waals surface area contributed by atoms with E-state index in [9.17, 15) is 0 Å². The van der Waals surface area contributed by atoms with E-state index in [0.29, 0.717) is 0 Å². The summed E-state index contributed by atoms with van der Waals surface area (Å²) in [5.74, 6) is 1.66. The lowest BCUT2D eigenvalue weighted by molar-refractivity contribution is -0.00501. The molecule has 5 heteroatoms. The molecule has 1 saturated heterocycles. The fraction of sp³-hybridized carbons (Fsp3) is 0.944. The predicted molar refractivity (Wildman–Crippen MR) is 99.1 cm³/mol. The van der Waals surface area contributed by atoms with Crippen molar-refractivity contribution in [3.8, 4) is 0 Å². The Kier molecular flexibility index (Phi) is 9.56. The van der Waals surface area contributed by atoms with Gasteiger partial charge in [0.05, 0.1) is 0 Å². The highest BCUT2D eigenvalue weighted by atomic mass is 16.5. The van der Waals surface area contributed by atoms with E-state index in [1.807, 2.05) is 7.05 Å². The Balaban J connectivity index is 2.46. The third-order valence-electron chi connectivity index (χ3n) is 5.28. The first-order valence-electron chi connectivity index (χ1n) is 9.27. The van der Waals surface area contributed by atoms with Crippen LogP contribution in [0.5, 0.6) is 0 Å². The van der Waals surface area contributed by atoms with Crippen LogP contribution in [0.3, 0.4) is 0 Å². The van der Waals surface area contributed by atoms with Gasteiger partial charge in [0, 0.05) is 38.9 Å². The molecule has 1 unspecified atom stereocenters. The number of rotatable bonds is 9. The normalized spacial score (nSPS) is 19.7. The monoisotopic (exact) mass is 326 g/mol. The first kappa shape index (κ1) is 20.2. The number of likely N-dealkylation sites (N-methyl/N-ethyl adjacent to an activating group) is 1. The zero-order valence-electron chi connectivity index (χ0n) is 16.0. The van der Waals surface area contributed by atoms with Crippen molar-refractivity contribution in [3.05, 3.63) is 0 Å². The quantitative estimate of drug-likeness (QED) is 0.505. The van der Waals surface area contributed by atoms with Crippen molar-refractivity contribution < 1.29 is 4.74 Å². The average molecular weight is 327 g/mol. The Morgan fingerprint density at radius 1 is 1.22 bits per heavy atom. The lowest BCUT2D eigenvalue weighted by Crippen LogP contribution is -2.57. The van der Waals surface area contributed by atoms with E-state index in [1.165, 1.54) is 25.7 Å². The van der Waals surface area contributed by atoms with Crippen molar-refractivity contribution in [3.63, 3.8) is 0 Å². The van der Waals surface area contributed by atoms with Gasteiger partial charge in [-0.1, -0.05) is 33.1 Å². The summed E-state index contributed by atoms with van der Waals surface area (Å²) in [4.78, 5) is 6.73. The molecule has 0 saturated carbocycles. The zero-order chi connectivity index (χ0) is 17.1. The van der Waals surface area contributed by atoms with E-state index in [1.54, 1.807) is 0 Å². The summed E-state index contributed by atoms with van der Waals surface area (Å²) in [6.45, 7) is 8.15. The SMILES string of the molecule is CCCCC(CC)CNC(=NC)NCC1(N(C)C)CCOCC1. The maximum atomic E-state index is 5.54. The van der Waals surface area contributed by atoms with Crippen LogP contribution in [0.15, 0.2) is 4.99 Å². The molecule has 23 heavy (non-hydrogen) atoms. The molecule has 0 aliphatic carbocycles. The van der Waals surface area contributed by atoms with E-state index >= 15 is 0 Å². The summed E-state index contributed by atoms with van der Waals surface area (Å²) in [6, 6.07) is 0. The average Bonchev–Trinajstić information content (AvgIpc) is 2.58. The topological polar surface area (TPSA) is 48.9 Å². The molecule has 2 N–H and O–H groups in total. The number of nitrogens with one attached hydrogen (secondary N) is 2. The van der Waals surface area contributed by atoms with Crippen molar-refractivity contribution in [1.29, 1.82) is 0 Å². The van der Waals surface area contributed by atoms with E-state index in [-0.39, 0.29) is 5.54 Å². The maximum Gasteiger partial charge on any atom is 0.191 e. The van der Waals surface area contributed by atoms with Gasteiger partial charge in [0.25, 0.3) is 0 Å². The summed E-state index contributed by atoms with van der Waals surface area (Å²) in [6.07, 6.45) is 7.25. The van der Waals surface area contributed by atoms with Gasteiger partial charge >= 0.3 is 0 Å². The van der Waals surface area contributed by atoms with Gasteiger partial charge < -0.3 is 20.3 Å². The van der Waals surface area contributed by atoms with Crippen LogP contribution in [0.25, 0.3) is 0 Å². The Hall–Kier alpha value is -0.810. The molecule has 1 aliphatic rings. The first-order valence-corrected chi connectivity index (χ1v) is 9.27. The van der Waals surface area contributed by atoms with Crippen LogP contribution in [-0.4, -0.2) is 63.8 Å². The zero-order valence-corrected chi connectivity index (χ0v) is 16.0. The Morgan fingerprint density at radius 2 is 1.91 bits per heavy atom. The number of ether oxygens (including phenoxy) is 1. The molecule has 0 aromatic rings. The van der Waals surface area contributed by atoms with Crippen LogP contribution < -0.4 is 10.6 Å². The number of aliphatic imine (C=N–C) groups is 1. The van der Waals surface area contributed by atoms with Gasteiger partial charge in [-0.2, -0.15) is 0 Å². The Labute approximate surface area is 143 Å². The minimum Gasteiger partial charge on any atom is -0.381 e. The summed E-state index contributed by atoms with van der Waals surface area (Å²) in [5.41, 5.74) is 0.169. The number of hydrogen-bond acceptors (Lipinski definition) is 3. The second kappa shape index (κ2) is 10.9. The smallest absolute Gasteiger partial charge is 0.191 e. The number of guanidine groups is 1. The summed E-state index contributed by atoms with van der Waals surface area (Å²) in [7, 11) is 6.19. The molecule has 0 aromatic heterocycles. The highest BCUT2D eigenvalue weighted by Gasteiger charge is 2.34. The van der Waals surface area contributed by atoms with Gasteiger partial charge in [-0.15, -0.1) is 0 Å². The molecule has 1 heterocycles. The summed E-state index contributed by atoms with van der Waals surface area (Å²) in [5, 5.41) is 7.05. The standard InChI is InChI=1S/C18H38N4O/c1-6-8-9-16(7-2)14-20-17(19-3)21-15-18(22(4)5)10-12-23-13-11-18/h16H,6-15H2,1-5H3,(H2,19,20,21). The number of nitrogens with zero attached hydrogens (tertiary/aromatic N) is 2. The predicted octanol–water partition coefficient (Wildman–Crippen LogP) is 2.48. The van der Waals surface area contributed by atoms with Gasteiger partial charge in [0.1, 0.15) is 0 Å². The van der Waals surface area contributed by atoms with Gasteiger partial charge in [-0.25, -0.2) is 0 Å². The minimum atomic E-state index is 0.169. The van der Waals surface area contributed by atoms with E-state index in [2.05, 4.69) is 48.5 Å². The van der Waals surface area contributed by atoms with Crippen LogP contribution in [0, 0.1) is 5.92 Å². The molecule has 0 bridgehead atoms. The van der Waals surface area contributed by atoms with Crippen molar-refractivity contribution in [1.82, 2.24) is 15.5 Å².